The van der Waals surface area contributed by atoms with Crippen LogP contribution < -0.4 is 25.4 Å². The highest BCUT2D eigenvalue weighted by Gasteiger charge is 2.23. The van der Waals surface area contributed by atoms with Crippen LogP contribution in [0.4, 0.5) is 5.82 Å². The van der Waals surface area contributed by atoms with Gasteiger partial charge in [-0.25, -0.2) is 4.79 Å². The largest absolute Gasteiger partial charge is 0.492 e. The average Bonchev–Trinajstić information content (AvgIpc) is 2.68. The fourth-order valence-corrected chi connectivity index (χ4v) is 3.49. The van der Waals surface area contributed by atoms with Crippen molar-refractivity contribution in [3.05, 3.63) is 45.3 Å². The van der Waals surface area contributed by atoms with Crippen molar-refractivity contribution in [2.75, 3.05) is 31.7 Å². The SMILES string of the molecule is CCOc1cc(CN(c2cc(OC)nc(=O)[nH]2)C2CCNCC2)ccc1Cl. The van der Waals surface area contributed by atoms with Crippen molar-refractivity contribution in [1.82, 2.24) is 15.3 Å². The number of aromatic nitrogens is 2. The zero-order chi connectivity index (χ0) is 19.2. The minimum atomic E-state index is -0.422. The van der Waals surface area contributed by atoms with Gasteiger partial charge in [-0.1, -0.05) is 17.7 Å². The lowest BCUT2D eigenvalue weighted by Crippen LogP contribution is -2.43. The molecule has 1 saturated heterocycles. The average molecular weight is 393 g/mol. The van der Waals surface area contributed by atoms with E-state index in [1.165, 1.54) is 7.11 Å². The van der Waals surface area contributed by atoms with Crippen molar-refractivity contribution in [3.63, 3.8) is 0 Å². The Bertz CT molecular complexity index is 821. The number of aromatic amines is 1. The van der Waals surface area contributed by atoms with Crippen LogP contribution in [0.15, 0.2) is 29.1 Å². The van der Waals surface area contributed by atoms with E-state index in [0.29, 0.717) is 41.7 Å². The van der Waals surface area contributed by atoms with Crippen LogP contribution in [0.5, 0.6) is 11.6 Å². The summed E-state index contributed by atoms with van der Waals surface area (Å²) in [5.74, 6) is 1.67. The van der Waals surface area contributed by atoms with Crippen LogP contribution in [0.25, 0.3) is 0 Å². The van der Waals surface area contributed by atoms with E-state index < -0.39 is 5.69 Å². The minimum Gasteiger partial charge on any atom is -0.492 e. The summed E-state index contributed by atoms with van der Waals surface area (Å²) in [7, 11) is 1.51. The van der Waals surface area contributed by atoms with Gasteiger partial charge in [-0.05, 0) is 50.6 Å². The second-order valence-electron chi connectivity index (χ2n) is 6.42. The summed E-state index contributed by atoms with van der Waals surface area (Å²) >= 11 is 6.22. The number of rotatable bonds is 7. The number of methoxy groups -OCH3 is 1. The third kappa shape index (κ3) is 4.93. The number of hydrogen-bond donors (Lipinski definition) is 2. The molecule has 0 amide bonds. The third-order valence-electron chi connectivity index (χ3n) is 4.62. The zero-order valence-corrected chi connectivity index (χ0v) is 16.4. The van der Waals surface area contributed by atoms with Gasteiger partial charge in [0.2, 0.25) is 5.88 Å². The summed E-state index contributed by atoms with van der Waals surface area (Å²) in [6.07, 6.45) is 1.97. The molecule has 0 aliphatic carbocycles. The molecule has 0 atom stereocenters. The number of benzene rings is 1. The Hall–Kier alpha value is -2.25. The van der Waals surface area contributed by atoms with Crippen LogP contribution in [0.1, 0.15) is 25.3 Å². The highest BCUT2D eigenvalue weighted by atomic mass is 35.5. The molecule has 8 heteroatoms. The van der Waals surface area contributed by atoms with Gasteiger partial charge in [0.1, 0.15) is 11.6 Å². The number of hydrogen-bond acceptors (Lipinski definition) is 6. The van der Waals surface area contributed by atoms with Gasteiger partial charge in [0, 0.05) is 18.7 Å². The summed E-state index contributed by atoms with van der Waals surface area (Å²) in [6.45, 7) is 4.98. The first-order chi connectivity index (χ1) is 13.1. The molecule has 27 heavy (non-hydrogen) atoms. The van der Waals surface area contributed by atoms with E-state index in [1.807, 2.05) is 25.1 Å². The monoisotopic (exact) mass is 392 g/mol. The van der Waals surface area contributed by atoms with Crippen molar-refractivity contribution in [2.24, 2.45) is 0 Å². The van der Waals surface area contributed by atoms with Crippen molar-refractivity contribution < 1.29 is 9.47 Å². The summed E-state index contributed by atoms with van der Waals surface area (Å²) in [4.78, 5) is 20.8. The Morgan fingerprint density at radius 1 is 1.30 bits per heavy atom. The number of ether oxygens (including phenoxy) is 2. The maximum Gasteiger partial charge on any atom is 0.349 e. The van der Waals surface area contributed by atoms with Crippen LogP contribution in [-0.2, 0) is 6.54 Å². The zero-order valence-electron chi connectivity index (χ0n) is 15.6. The highest BCUT2D eigenvalue weighted by Crippen LogP contribution is 2.29. The molecule has 2 N–H and O–H groups in total. The number of H-pyrrole nitrogens is 1. The summed E-state index contributed by atoms with van der Waals surface area (Å²) < 4.78 is 10.8. The van der Waals surface area contributed by atoms with Crippen molar-refractivity contribution in [3.8, 4) is 11.6 Å². The van der Waals surface area contributed by atoms with Crippen molar-refractivity contribution in [2.45, 2.75) is 32.4 Å². The first-order valence-electron chi connectivity index (χ1n) is 9.14. The van der Waals surface area contributed by atoms with E-state index in [-0.39, 0.29) is 0 Å². The molecule has 0 saturated carbocycles. The Labute approximate surface area is 163 Å². The van der Waals surface area contributed by atoms with Crippen molar-refractivity contribution in [1.29, 1.82) is 0 Å². The summed E-state index contributed by atoms with van der Waals surface area (Å²) in [5.41, 5.74) is 0.632. The van der Waals surface area contributed by atoms with E-state index in [0.717, 1.165) is 31.5 Å². The number of halogens is 1. The minimum absolute atomic E-state index is 0.292. The fourth-order valence-electron chi connectivity index (χ4n) is 3.32. The van der Waals surface area contributed by atoms with Gasteiger partial charge in [-0.2, -0.15) is 4.98 Å². The molecular formula is C19H25ClN4O3. The molecule has 3 rings (SSSR count). The van der Waals surface area contributed by atoms with Gasteiger partial charge in [-0.3, -0.25) is 4.98 Å². The number of nitrogens with zero attached hydrogens (tertiary/aromatic N) is 2. The van der Waals surface area contributed by atoms with Crippen LogP contribution in [0.3, 0.4) is 0 Å². The van der Waals surface area contributed by atoms with Crippen LogP contribution >= 0.6 is 11.6 Å². The van der Waals surface area contributed by atoms with Crippen molar-refractivity contribution >= 4 is 17.4 Å². The lowest BCUT2D eigenvalue weighted by molar-refractivity contribution is 0.340. The lowest BCUT2D eigenvalue weighted by Gasteiger charge is -2.36. The Balaban J connectivity index is 1.94. The first kappa shape index (κ1) is 19.5. The molecule has 0 radical (unpaired) electrons. The number of piperidine rings is 1. The topological polar surface area (TPSA) is 79.5 Å². The molecule has 1 aromatic heterocycles. The predicted molar refractivity (Wildman–Crippen MR) is 106 cm³/mol. The molecule has 0 spiro atoms. The second kappa shape index (κ2) is 9.10. The van der Waals surface area contributed by atoms with E-state index in [2.05, 4.69) is 20.2 Å². The standard InChI is InChI=1S/C19H25ClN4O3/c1-3-27-16-10-13(4-5-15(16)20)12-24(14-6-8-21-9-7-14)17-11-18(26-2)23-19(25)22-17/h4-5,10-11,14,21H,3,6-9,12H2,1-2H3,(H,22,23,25). The normalized spacial score (nSPS) is 14.8. The third-order valence-corrected chi connectivity index (χ3v) is 4.94. The quantitative estimate of drug-likeness (QED) is 0.754. The molecule has 1 aromatic carbocycles. The van der Waals surface area contributed by atoms with Gasteiger partial charge >= 0.3 is 5.69 Å². The summed E-state index contributed by atoms with van der Waals surface area (Å²) in [5, 5.41) is 3.97. The molecule has 0 unspecified atom stereocenters. The molecule has 2 aromatic rings. The maximum atomic E-state index is 12.0. The van der Waals surface area contributed by atoms with Gasteiger partial charge < -0.3 is 19.7 Å². The van der Waals surface area contributed by atoms with Crippen LogP contribution in [0.2, 0.25) is 5.02 Å². The van der Waals surface area contributed by atoms with Gasteiger partial charge in [-0.15, -0.1) is 0 Å². The van der Waals surface area contributed by atoms with Gasteiger partial charge in [0.05, 0.1) is 18.7 Å². The van der Waals surface area contributed by atoms with Crippen LogP contribution in [0, 0.1) is 0 Å². The molecule has 146 valence electrons. The second-order valence-corrected chi connectivity index (χ2v) is 6.83. The highest BCUT2D eigenvalue weighted by molar-refractivity contribution is 6.32. The Morgan fingerprint density at radius 2 is 2.07 bits per heavy atom. The molecular weight excluding hydrogens is 368 g/mol. The van der Waals surface area contributed by atoms with Crippen LogP contribution in [-0.4, -0.2) is 42.8 Å². The fraction of sp³-hybridized carbons (Fsp3) is 0.474. The molecule has 1 aliphatic heterocycles. The van der Waals surface area contributed by atoms with E-state index in [9.17, 15) is 4.79 Å². The molecule has 1 aliphatic rings. The lowest BCUT2D eigenvalue weighted by atomic mass is 10.0. The van der Waals surface area contributed by atoms with E-state index in [4.69, 9.17) is 21.1 Å². The smallest absolute Gasteiger partial charge is 0.349 e. The molecule has 1 fully saturated rings. The summed E-state index contributed by atoms with van der Waals surface area (Å²) in [6, 6.07) is 7.84. The number of nitrogens with one attached hydrogen (secondary N) is 2. The van der Waals surface area contributed by atoms with Gasteiger partial charge in [0.25, 0.3) is 0 Å². The Morgan fingerprint density at radius 3 is 2.78 bits per heavy atom. The molecule has 7 nitrogen and oxygen atoms in total. The maximum absolute atomic E-state index is 12.0. The Kier molecular flexibility index (Phi) is 6.58. The first-order valence-corrected chi connectivity index (χ1v) is 9.52. The van der Waals surface area contributed by atoms with Gasteiger partial charge in [0.15, 0.2) is 0 Å². The van der Waals surface area contributed by atoms with E-state index >= 15 is 0 Å². The number of anilines is 1. The molecule has 0 bridgehead atoms. The predicted octanol–water partition coefficient (Wildman–Crippen LogP) is 2.59. The van der Waals surface area contributed by atoms with E-state index in [1.54, 1.807) is 6.07 Å². The molecule has 2 heterocycles.